The van der Waals surface area contributed by atoms with E-state index in [1.54, 1.807) is 0 Å². The molecule has 0 aliphatic heterocycles. The van der Waals surface area contributed by atoms with Crippen LogP contribution in [0.1, 0.15) is 32.1 Å². The summed E-state index contributed by atoms with van der Waals surface area (Å²) in [5.41, 5.74) is -0.558. The summed E-state index contributed by atoms with van der Waals surface area (Å²) in [5.74, 6) is -0.348. The number of aliphatic hydroxyl groups is 1. The molecule has 0 radical (unpaired) electrons. The van der Waals surface area contributed by atoms with Gasteiger partial charge in [-0.05, 0) is 19.3 Å². The Balaban J connectivity index is 1.86. The molecular weight excluding hydrogens is 237 g/mol. The maximum atomic E-state index is 13.1. The fourth-order valence-corrected chi connectivity index (χ4v) is 2.27. The van der Waals surface area contributed by atoms with Gasteiger partial charge in [-0.1, -0.05) is 12.8 Å². The summed E-state index contributed by atoms with van der Waals surface area (Å²) in [6.45, 7) is 0.561. The third kappa shape index (κ3) is 3.07. The molecule has 18 heavy (non-hydrogen) atoms. The lowest BCUT2D eigenvalue weighted by Gasteiger charge is -2.21. The van der Waals surface area contributed by atoms with E-state index >= 15 is 0 Å². The minimum absolute atomic E-state index is 0.0768. The summed E-state index contributed by atoms with van der Waals surface area (Å²) in [4.78, 5) is 7.69. The fraction of sp³-hybridized carbons (Fsp3) is 0.667. The molecule has 5 nitrogen and oxygen atoms in total. The predicted octanol–water partition coefficient (Wildman–Crippen LogP) is 1.73. The van der Waals surface area contributed by atoms with Crippen LogP contribution < -0.4 is 10.1 Å². The van der Waals surface area contributed by atoms with Crippen molar-refractivity contribution in [3.05, 3.63) is 12.0 Å². The molecular formula is C12H18FN3O2. The monoisotopic (exact) mass is 255 g/mol. The molecule has 1 aromatic rings. The first kappa shape index (κ1) is 13.0. The molecule has 1 saturated carbocycles. The van der Waals surface area contributed by atoms with Gasteiger partial charge in [-0.15, -0.1) is 0 Å². The van der Waals surface area contributed by atoms with Gasteiger partial charge >= 0.3 is 0 Å². The van der Waals surface area contributed by atoms with Crippen molar-refractivity contribution in [2.45, 2.75) is 37.7 Å². The fourth-order valence-electron chi connectivity index (χ4n) is 2.27. The Morgan fingerprint density at radius 3 is 2.89 bits per heavy atom. The molecule has 0 atom stereocenters. The van der Waals surface area contributed by atoms with Crippen LogP contribution in [-0.4, -0.2) is 34.3 Å². The zero-order valence-electron chi connectivity index (χ0n) is 10.4. The lowest BCUT2D eigenvalue weighted by Crippen LogP contribution is -2.27. The van der Waals surface area contributed by atoms with E-state index in [9.17, 15) is 9.50 Å². The van der Waals surface area contributed by atoms with Crippen LogP contribution in [0.5, 0.6) is 5.88 Å². The summed E-state index contributed by atoms with van der Waals surface area (Å²) in [7, 11) is 1.36. The van der Waals surface area contributed by atoms with Crippen molar-refractivity contribution in [2.75, 3.05) is 19.0 Å². The van der Waals surface area contributed by atoms with Gasteiger partial charge in [0.1, 0.15) is 0 Å². The highest BCUT2D eigenvalue weighted by Crippen LogP contribution is 2.32. The normalized spacial score (nSPS) is 17.7. The van der Waals surface area contributed by atoms with E-state index < -0.39 is 11.4 Å². The second-order valence-corrected chi connectivity index (χ2v) is 4.66. The van der Waals surface area contributed by atoms with Gasteiger partial charge in [0.2, 0.25) is 11.8 Å². The van der Waals surface area contributed by atoms with Gasteiger partial charge in [0.05, 0.1) is 18.9 Å². The van der Waals surface area contributed by atoms with E-state index in [0.29, 0.717) is 18.9 Å². The third-order valence-electron chi connectivity index (χ3n) is 3.31. The highest BCUT2D eigenvalue weighted by molar-refractivity contribution is 5.28. The smallest absolute Gasteiger partial charge is 0.255 e. The molecule has 1 aliphatic rings. The summed E-state index contributed by atoms with van der Waals surface area (Å²) in [6.07, 6.45) is 5.58. The minimum Gasteiger partial charge on any atom is -0.479 e. The van der Waals surface area contributed by atoms with Crippen LogP contribution >= 0.6 is 0 Å². The molecule has 1 fully saturated rings. The predicted molar refractivity (Wildman–Crippen MR) is 65.1 cm³/mol. The van der Waals surface area contributed by atoms with Crippen LogP contribution in [0.3, 0.4) is 0 Å². The lowest BCUT2D eigenvalue weighted by atomic mass is 9.98. The summed E-state index contributed by atoms with van der Waals surface area (Å²) in [6, 6.07) is 0. The van der Waals surface area contributed by atoms with Crippen LogP contribution in [0.4, 0.5) is 10.3 Å². The maximum Gasteiger partial charge on any atom is 0.255 e. The van der Waals surface area contributed by atoms with Gasteiger partial charge < -0.3 is 15.2 Å². The van der Waals surface area contributed by atoms with Crippen LogP contribution in [0, 0.1) is 5.82 Å². The number of rotatable bonds is 5. The first-order valence-corrected chi connectivity index (χ1v) is 6.16. The van der Waals surface area contributed by atoms with Crippen LogP contribution in [0.25, 0.3) is 0 Å². The van der Waals surface area contributed by atoms with Gasteiger partial charge in [-0.3, -0.25) is 0 Å². The quantitative estimate of drug-likeness (QED) is 0.838. The molecule has 0 aromatic carbocycles. The van der Waals surface area contributed by atoms with E-state index in [2.05, 4.69) is 15.3 Å². The largest absolute Gasteiger partial charge is 0.479 e. The molecule has 0 amide bonds. The first-order valence-electron chi connectivity index (χ1n) is 6.16. The number of nitrogens with zero attached hydrogens (tertiary/aromatic N) is 2. The van der Waals surface area contributed by atoms with Gasteiger partial charge in [0.15, 0.2) is 0 Å². The Morgan fingerprint density at radius 2 is 2.22 bits per heavy atom. The van der Waals surface area contributed by atoms with Crippen LogP contribution in [0.15, 0.2) is 6.20 Å². The summed E-state index contributed by atoms with van der Waals surface area (Å²) < 4.78 is 17.9. The lowest BCUT2D eigenvalue weighted by molar-refractivity contribution is 0.0424. The van der Waals surface area contributed by atoms with E-state index in [1.807, 2.05) is 0 Å². The standard InChI is InChI=1S/C12H18FN3O2/c1-18-10-9(13)8-15-11(16-10)14-7-6-12(17)4-2-3-5-12/h8,17H,2-7H2,1H3,(H,14,15,16). The molecule has 2 N–H and O–H groups in total. The molecule has 1 heterocycles. The van der Waals surface area contributed by atoms with Crippen molar-refractivity contribution in [1.82, 2.24) is 9.97 Å². The van der Waals surface area contributed by atoms with E-state index in [0.717, 1.165) is 31.9 Å². The second-order valence-electron chi connectivity index (χ2n) is 4.66. The first-order chi connectivity index (χ1) is 8.63. The number of hydrogen-bond donors (Lipinski definition) is 2. The average Bonchev–Trinajstić information content (AvgIpc) is 2.78. The molecule has 100 valence electrons. The third-order valence-corrected chi connectivity index (χ3v) is 3.31. The van der Waals surface area contributed by atoms with Gasteiger partial charge in [0.25, 0.3) is 5.88 Å². The summed E-state index contributed by atoms with van der Waals surface area (Å²) in [5, 5.41) is 13.1. The Kier molecular flexibility index (Phi) is 3.96. The number of halogens is 1. The van der Waals surface area contributed by atoms with Crippen molar-refractivity contribution in [2.24, 2.45) is 0 Å². The zero-order chi connectivity index (χ0) is 13.0. The van der Waals surface area contributed by atoms with Gasteiger partial charge in [-0.25, -0.2) is 4.98 Å². The number of ether oxygens (including phenoxy) is 1. The van der Waals surface area contributed by atoms with Gasteiger partial charge in [0, 0.05) is 6.54 Å². The highest BCUT2D eigenvalue weighted by Gasteiger charge is 2.30. The molecule has 1 aliphatic carbocycles. The van der Waals surface area contributed by atoms with Crippen molar-refractivity contribution >= 4 is 5.95 Å². The molecule has 0 bridgehead atoms. The number of aromatic nitrogens is 2. The maximum absolute atomic E-state index is 13.1. The molecule has 1 aromatic heterocycles. The van der Waals surface area contributed by atoms with Gasteiger partial charge in [-0.2, -0.15) is 9.37 Å². The van der Waals surface area contributed by atoms with Crippen molar-refractivity contribution in [1.29, 1.82) is 0 Å². The number of nitrogens with one attached hydrogen (secondary N) is 1. The zero-order valence-corrected chi connectivity index (χ0v) is 10.4. The highest BCUT2D eigenvalue weighted by atomic mass is 19.1. The number of anilines is 1. The van der Waals surface area contributed by atoms with Crippen molar-refractivity contribution < 1.29 is 14.2 Å². The average molecular weight is 255 g/mol. The van der Waals surface area contributed by atoms with E-state index in [4.69, 9.17) is 4.74 Å². The Bertz CT molecular complexity index is 408. The van der Waals surface area contributed by atoms with E-state index in [-0.39, 0.29) is 5.88 Å². The Morgan fingerprint density at radius 1 is 1.50 bits per heavy atom. The molecule has 2 rings (SSSR count). The molecule has 0 unspecified atom stereocenters. The topological polar surface area (TPSA) is 67.3 Å². The number of hydrogen-bond acceptors (Lipinski definition) is 5. The molecule has 0 saturated heterocycles. The Hall–Kier alpha value is -1.43. The van der Waals surface area contributed by atoms with E-state index in [1.165, 1.54) is 7.11 Å². The molecule has 6 heteroatoms. The summed E-state index contributed by atoms with van der Waals surface area (Å²) >= 11 is 0. The van der Waals surface area contributed by atoms with Crippen molar-refractivity contribution in [3.63, 3.8) is 0 Å². The second kappa shape index (κ2) is 5.48. The Labute approximate surface area is 105 Å². The number of methoxy groups -OCH3 is 1. The SMILES string of the molecule is COc1nc(NCCC2(O)CCCC2)ncc1F. The molecule has 0 spiro atoms. The minimum atomic E-state index is -0.586. The van der Waals surface area contributed by atoms with Crippen LogP contribution in [0.2, 0.25) is 0 Å². The van der Waals surface area contributed by atoms with Crippen LogP contribution in [-0.2, 0) is 0 Å². The van der Waals surface area contributed by atoms with Crippen molar-refractivity contribution in [3.8, 4) is 5.88 Å².